The number of hydrogen-bond donors (Lipinski definition) is 3. The summed E-state index contributed by atoms with van der Waals surface area (Å²) in [6.45, 7) is 2.14. The Hall–Kier alpha value is -4.14. The molecule has 3 aliphatic rings. The number of carbonyl (C=O) groups excluding carboxylic acids is 4. The molecule has 0 bridgehead atoms. The molecular formula is C27H29N5O4. The van der Waals surface area contributed by atoms with Gasteiger partial charge in [-0.25, -0.2) is 9.59 Å². The minimum atomic E-state index is -1.36. The number of nitrogens with zero attached hydrogens (tertiary/aromatic N) is 2. The second kappa shape index (κ2) is 9.14. The van der Waals surface area contributed by atoms with Crippen molar-refractivity contribution >= 4 is 35.6 Å². The third-order valence-corrected chi connectivity index (χ3v) is 7.21. The lowest BCUT2D eigenvalue weighted by atomic mass is 9.91. The number of hydrogen-bond acceptors (Lipinski definition) is 4. The number of anilines is 1. The maximum absolute atomic E-state index is 13.6. The van der Waals surface area contributed by atoms with E-state index in [-0.39, 0.29) is 24.5 Å². The summed E-state index contributed by atoms with van der Waals surface area (Å²) < 4.78 is 0. The van der Waals surface area contributed by atoms with Crippen LogP contribution in [0.2, 0.25) is 0 Å². The van der Waals surface area contributed by atoms with Gasteiger partial charge < -0.3 is 20.9 Å². The molecule has 1 saturated heterocycles. The van der Waals surface area contributed by atoms with E-state index in [1.54, 1.807) is 35.3 Å². The second-order valence-electron chi connectivity index (χ2n) is 9.55. The second-order valence-corrected chi connectivity index (χ2v) is 9.55. The van der Waals surface area contributed by atoms with Crippen molar-refractivity contribution in [2.75, 3.05) is 18.9 Å². The number of carbonyl (C=O) groups is 4. The molecule has 2 atom stereocenters. The van der Waals surface area contributed by atoms with E-state index in [0.29, 0.717) is 29.3 Å². The van der Waals surface area contributed by atoms with Crippen molar-refractivity contribution in [3.05, 3.63) is 71.3 Å². The lowest BCUT2D eigenvalue weighted by Gasteiger charge is -2.31. The summed E-state index contributed by atoms with van der Waals surface area (Å²) in [6, 6.07) is 13.9. The van der Waals surface area contributed by atoms with E-state index in [1.807, 2.05) is 37.3 Å². The van der Waals surface area contributed by atoms with Crippen LogP contribution in [0.5, 0.6) is 0 Å². The van der Waals surface area contributed by atoms with E-state index in [9.17, 15) is 19.2 Å². The fourth-order valence-corrected chi connectivity index (χ4v) is 4.97. The molecule has 1 aliphatic heterocycles. The summed E-state index contributed by atoms with van der Waals surface area (Å²) >= 11 is 0. The highest BCUT2D eigenvalue weighted by atomic mass is 16.2. The Morgan fingerprint density at radius 3 is 2.61 bits per heavy atom. The molecule has 0 unspecified atom stereocenters. The van der Waals surface area contributed by atoms with Crippen molar-refractivity contribution in [2.24, 2.45) is 5.92 Å². The normalized spacial score (nSPS) is 20.8. The van der Waals surface area contributed by atoms with Gasteiger partial charge in [0.15, 0.2) is 5.54 Å². The van der Waals surface area contributed by atoms with Crippen LogP contribution in [0, 0.1) is 5.92 Å². The van der Waals surface area contributed by atoms with Crippen LogP contribution in [0.4, 0.5) is 15.3 Å². The minimum Gasteiger partial charge on any atom is -0.341 e. The largest absolute Gasteiger partial charge is 0.341 e. The fraction of sp³-hybridized carbons (Fsp3) is 0.333. The molecule has 1 spiro atoms. The van der Waals surface area contributed by atoms with Gasteiger partial charge in [-0.2, -0.15) is 0 Å². The summed E-state index contributed by atoms with van der Waals surface area (Å²) in [5, 5.41) is 7.98. The van der Waals surface area contributed by atoms with Gasteiger partial charge >= 0.3 is 12.1 Å². The van der Waals surface area contributed by atoms with Crippen molar-refractivity contribution < 1.29 is 19.2 Å². The zero-order chi connectivity index (χ0) is 25.4. The molecule has 6 amide bonds. The van der Waals surface area contributed by atoms with Crippen molar-refractivity contribution in [2.45, 2.75) is 37.9 Å². The van der Waals surface area contributed by atoms with Crippen molar-refractivity contribution in [1.29, 1.82) is 0 Å². The van der Waals surface area contributed by atoms with Crippen LogP contribution in [0.3, 0.4) is 0 Å². The zero-order valence-electron chi connectivity index (χ0n) is 20.3. The molecule has 1 saturated carbocycles. The van der Waals surface area contributed by atoms with Crippen LogP contribution < -0.4 is 16.0 Å². The summed E-state index contributed by atoms with van der Waals surface area (Å²) in [5.74, 6) is -0.304. The summed E-state index contributed by atoms with van der Waals surface area (Å²) in [7, 11) is 1.52. The van der Waals surface area contributed by atoms with Gasteiger partial charge in [-0.3, -0.25) is 14.5 Å². The number of urea groups is 2. The first-order chi connectivity index (χ1) is 17.3. The van der Waals surface area contributed by atoms with Crippen LogP contribution in [-0.4, -0.2) is 53.3 Å². The van der Waals surface area contributed by atoms with Crippen molar-refractivity contribution in [3.8, 4) is 0 Å². The molecule has 9 nitrogen and oxygen atoms in total. The molecule has 2 fully saturated rings. The Bertz CT molecular complexity index is 1260. The standard InChI is InChI=1S/C27H29N5O4/c1-17(19-8-9-19)31(15-18-6-4-3-5-7-18)23(33)16-32-24(34)27(30-26(32)36)13-12-20-14-21(10-11-22(20)27)29-25(35)28-2/h3-7,10-14,17,19H,8-9,15-16H2,1-2H3,(H,30,36)(H2,28,29,35)/t17-,27-/m0/s1. The molecule has 2 aromatic rings. The van der Waals surface area contributed by atoms with Crippen LogP contribution in [0.25, 0.3) is 6.08 Å². The summed E-state index contributed by atoms with van der Waals surface area (Å²) in [4.78, 5) is 54.5. The topological polar surface area (TPSA) is 111 Å². The van der Waals surface area contributed by atoms with Crippen LogP contribution >= 0.6 is 0 Å². The Labute approximate surface area is 209 Å². The van der Waals surface area contributed by atoms with Gasteiger partial charge in [-0.05, 0) is 60.6 Å². The van der Waals surface area contributed by atoms with Crippen molar-refractivity contribution in [3.63, 3.8) is 0 Å². The molecular weight excluding hydrogens is 458 g/mol. The predicted octanol–water partition coefficient (Wildman–Crippen LogP) is 3.04. The van der Waals surface area contributed by atoms with Gasteiger partial charge in [0.25, 0.3) is 5.91 Å². The number of nitrogens with one attached hydrogen (secondary N) is 3. The third kappa shape index (κ3) is 4.21. The number of benzene rings is 2. The van der Waals surface area contributed by atoms with Crippen LogP contribution in [0.1, 0.15) is 36.5 Å². The Morgan fingerprint density at radius 2 is 1.92 bits per heavy atom. The minimum absolute atomic E-state index is 0.0192. The molecule has 2 aliphatic carbocycles. The average Bonchev–Trinajstić information content (AvgIpc) is 3.63. The summed E-state index contributed by atoms with van der Waals surface area (Å²) in [5.41, 5.74) is 1.51. The van der Waals surface area contributed by atoms with Gasteiger partial charge in [0.2, 0.25) is 5.91 Å². The Kier molecular flexibility index (Phi) is 5.99. The van der Waals surface area contributed by atoms with Crippen LogP contribution in [-0.2, 0) is 21.7 Å². The molecule has 5 rings (SSSR count). The van der Waals surface area contributed by atoms with Crippen LogP contribution in [0.15, 0.2) is 54.6 Å². The van der Waals surface area contributed by atoms with E-state index < -0.39 is 17.5 Å². The molecule has 0 aromatic heterocycles. The molecule has 2 aromatic carbocycles. The highest BCUT2D eigenvalue weighted by molar-refractivity contribution is 6.12. The quantitative estimate of drug-likeness (QED) is 0.522. The van der Waals surface area contributed by atoms with E-state index in [4.69, 9.17) is 0 Å². The fourth-order valence-electron chi connectivity index (χ4n) is 4.97. The smallest absolute Gasteiger partial charge is 0.326 e. The molecule has 3 N–H and O–H groups in total. The highest BCUT2D eigenvalue weighted by Gasteiger charge is 2.54. The predicted molar refractivity (Wildman–Crippen MR) is 135 cm³/mol. The van der Waals surface area contributed by atoms with Gasteiger partial charge in [0.05, 0.1) is 0 Å². The highest BCUT2D eigenvalue weighted by Crippen LogP contribution is 2.40. The molecule has 0 radical (unpaired) electrons. The van der Waals surface area contributed by atoms with Gasteiger partial charge in [0.1, 0.15) is 6.54 Å². The average molecular weight is 488 g/mol. The maximum Gasteiger partial charge on any atom is 0.326 e. The zero-order valence-corrected chi connectivity index (χ0v) is 20.3. The van der Waals surface area contributed by atoms with E-state index >= 15 is 0 Å². The van der Waals surface area contributed by atoms with E-state index in [1.165, 1.54) is 7.05 Å². The van der Waals surface area contributed by atoms with E-state index in [0.717, 1.165) is 23.3 Å². The Balaban J connectivity index is 1.35. The van der Waals surface area contributed by atoms with Crippen molar-refractivity contribution in [1.82, 2.24) is 20.4 Å². The number of fused-ring (bicyclic) bond motifs is 2. The van der Waals surface area contributed by atoms with Gasteiger partial charge in [-0.1, -0.05) is 42.5 Å². The molecule has 1 heterocycles. The lowest BCUT2D eigenvalue weighted by molar-refractivity contribution is -0.140. The molecule has 36 heavy (non-hydrogen) atoms. The third-order valence-electron chi connectivity index (χ3n) is 7.21. The first kappa shape index (κ1) is 23.6. The summed E-state index contributed by atoms with van der Waals surface area (Å²) in [6.07, 6.45) is 5.53. The first-order valence-electron chi connectivity index (χ1n) is 12.1. The van der Waals surface area contributed by atoms with Gasteiger partial charge in [0, 0.05) is 25.3 Å². The number of imide groups is 1. The first-order valence-corrected chi connectivity index (χ1v) is 12.1. The Morgan fingerprint density at radius 1 is 1.17 bits per heavy atom. The number of rotatable bonds is 7. The molecule has 186 valence electrons. The SMILES string of the molecule is CNC(=O)Nc1ccc2c(c1)C=C[C@]21NC(=O)N(CC(=O)N(Cc2ccccc2)[C@@H](C)C2CC2)C1=O. The number of amides is 6. The lowest BCUT2D eigenvalue weighted by Crippen LogP contribution is -2.47. The molecule has 9 heteroatoms. The maximum atomic E-state index is 13.6. The van der Waals surface area contributed by atoms with E-state index in [2.05, 4.69) is 16.0 Å². The monoisotopic (exact) mass is 487 g/mol. The van der Waals surface area contributed by atoms with Gasteiger partial charge in [-0.15, -0.1) is 0 Å².